The van der Waals surface area contributed by atoms with Crippen molar-refractivity contribution in [3.63, 3.8) is 0 Å². The first-order chi connectivity index (χ1) is 9.69. The molecule has 0 heterocycles. The Kier molecular flexibility index (Phi) is 5.13. The minimum atomic E-state index is -0.450. The molecule has 0 saturated heterocycles. The molecule has 0 fully saturated rings. The second kappa shape index (κ2) is 7.06. The van der Waals surface area contributed by atoms with E-state index in [9.17, 15) is 9.50 Å². The highest BCUT2D eigenvalue weighted by molar-refractivity contribution is 5.30. The predicted molar refractivity (Wildman–Crippen MR) is 77.0 cm³/mol. The van der Waals surface area contributed by atoms with Crippen molar-refractivity contribution in [2.75, 3.05) is 0 Å². The fourth-order valence-corrected chi connectivity index (χ4v) is 2.00. The molecule has 1 N–H and O–H groups in total. The third-order valence-corrected chi connectivity index (χ3v) is 3.12. The molecule has 2 aromatic rings. The first-order valence-electron chi connectivity index (χ1n) is 6.84. The van der Waals surface area contributed by atoms with Crippen LogP contribution in [0.25, 0.3) is 0 Å². The van der Waals surface area contributed by atoms with Crippen LogP contribution in [0.1, 0.15) is 37.0 Å². The normalized spacial score (nSPS) is 12.2. The number of aliphatic hydroxyl groups is 1. The van der Waals surface area contributed by atoms with Crippen molar-refractivity contribution in [3.8, 4) is 5.75 Å². The summed E-state index contributed by atoms with van der Waals surface area (Å²) in [5.41, 5.74) is 1.77. The van der Waals surface area contributed by atoms with Crippen LogP contribution in [0, 0.1) is 5.82 Å². The summed E-state index contributed by atoms with van der Waals surface area (Å²) < 4.78 is 18.5. The van der Waals surface area contributed by atoms with Gasteiger partial charge in [-0.2, -0.15) is 0 Å². The maximum absolute atomic E-state index is 12.8. The SMILES string of the molecule is CCCC(O)c1cccc(OCc2ccc(F)cc2)c1. The van der Waals surface area contributed by atoms with Crippen molar-refractivity contribution in [1.82, 2.24) is 0 Å². The topological polar surface area (TPSA) is 29.5 Å². The van der Waals surface area contributed by atoms with Gasteiger partial charge in [0.1, 0.15) is 18.2 Å². The Balaban J connectivity index is 1.99. The molecule has 0 radical (unpaired) electrons. The zero-order valence-electron chi connectivity index (χ0n) is 11.6. The number of ether oxygens (including phenoxy) is 1. The van der Waals surface area contributed by atoms with Crippen LogP contribution in [-0.2, 0) is 6.61 Å². The lowest BCUT2D eigenvalue weighted by atomic mass is 10.1. The van der Waals surface area contributed by atoms with Gasteiger partial charge in [-0.05, 0) is 41.8 Å². The fraction of sp³-hybridized carbons (Fsp3) is 0.294. The summed E-state index contributed by atoms with van der Waals surface area (Å²) in [4.78, 5) is 0. The first-order valence-corrected chi connectivity index (χ1v) is 6.84. The van der Waals surface area contributed by atoms with Gasteiger partial charge in [-0.3, -0.25) is 0 Å². The predicted octanol–water partition coefficient (Wildman–Crippen LogP) is 4.24. The lowest BCUT2D eigenvalue weighted by Gasteiger charge is -2.12. The fourth-order valence-electron chi connectivity index (χ4n) is 2.00. The Labute approximate surface area is 118 Å². The minimum Gasteiger partial charge on any atom is -0.489 e. The summed E-state index contributed by atoms with van der Waals surface area (Å²) in [5.74, 6) is 0.459. The summed E-state index contributed by atoms with van der Waals surface area (Å²) in [6.07, 6.45) is 1.22. The van der Waals surface area contributed by atoms with Crippen molar-refractivity contribution in [2.45, 2.75) is 32.5 Å². The first kappa shape index (κ1) is 14.5. The molecule has 2 nitrogen and oxygen atoms in total. The lowest BCUT2D eigenvalue weighted by molar-refractivity contribution is 0.166. The zero-order valence-corrected chi connectivity index (χ0v) is 11.6. The van der Waals surface area contributed by atoms with E-state index in [1.807, 2.05) is 31.2 Å². The Morgan fingerprint density at radius 3 is 2.60 bits per heavy atom. The van der Waals surface area contributed by atoms with E-state index in [0.717, 1.165) is 24.0 Å². The maximum Gasteiger partial charge on any atom is 0.123 e. The molecule has 3 heteroatoms. The number of benzene rings is 2. The second-order valence-electron chi connectivity index (χ2n) is 4.79. The van der Waals surface area contributed by atoms with Gasteiger partial charge in [0.05, 0.1) is 6.10 Å². The van der Waals surface area contributed by atoms with Crippen molar-refractivity contribution < 1.29 is 14.2 Å². The highest BCUT2D eigenvalue weighted by atomic mass is 19.1. The molecular weight excluding hydrogens is 255 g/mol. The highest BCUT2D eigenvalue weighted by Crippen LogP contribution is 2.23. The lowest BCUT2D eigenvalue weighted by Crippen LogP contribution is -1.99. The summed E-state index contributed by atoms with van der Waals surface area (Å²) in [6.45, 7) is 2.42. The number of halogens is 1. The van der Waals surface area contributed by atoms with Crippen molar-refractivity contribution >= 4 is 0 Å². The molecule has 1 atom stereocenters. The Bertz CT molecular complexity index is 537. The Hall–Kier alpha value is -1.87. The van der Waals surface area contributed by atoms with Crippen LogP contribution in [0.3, 0.4) is 0 Å². The molecule has 0 aliphatic carbocycles. The van der Waals surface area contributed by atoms with Gasteiger partial charge in [0.25, 0.3) is 0 Å². The molecule has 0 spiro atoms. The molecular formula is C17H19FO2. The number of aliphatic hydroxyl groups excluding tert-OH is 1. The van der Waals surface area contributed by atoms with E-state index >= 15 is 0 Å². The molecule has 0 aromatic heterocycles. The molecule has 2 rings (SSSR count). The third-order valence-electron chi connectivity index (χ3n) is 3.12. The van der Waals surface area contributed by atoms with E-state index in [4.69, 9.17) is 4.74 Å². The zero-order chi connectivity index (χ0) is 14.4. The number of hydrogen-bond donors (Lipinski definition) is 1. The minimum absolute atomic E-state index is 0.251. The van der Waals surface area contributed by atoms with Crippen LogP contribution in [-0.4, -0.2) is 5.11 Å². The van der Waals surface area contributed by atoms with Gasteiger partial charge in [0.15, 0.2) is 0 Å². The largest absolute Gasteiger partial charge is 0.489 e. The van der Waals surface area contributed by atoms with Gasteiger partial charge in [-0.15, -0.1) is 0 Å². The summed E-state index contributed by atoms with van der Waals surface area (Å²) in [6, 6.07) is 13.7. The van der Waals surface area contributed by atoms with Gasteiger partial charge < -0.3 is 9.84 Å². The average molecular weight is 274 g/mol. The Morgan fingerprint density at radius 1 is 1.15 bits per heavy atom. The number of hydrogen-bond acceptors (Lipinski definition) is 2. The van der Waals surface area contributed by atoms with Gasteiger partial charge in [0.2, 0.25) is 0 Å². The quantitative estimate of drug-likeness (QED) is 0.853. The van der Waals surface area contributed by atoms with Crippen molar-refractivity contribution in [3.05, 3.63) is 65.5 Å². The van der Waals surface area contributed by atoms with E-state index in [1.54, 1.807) is 12.1 Å². The molecule has 0 aliphatic heterocycles. The number of rotatable bonds is 6. The van der Waals surface area contributed by atoms with Crippen LogP contribution in [0.4, 0.5) is 4.39 Å². The molecule has 2 aromatic carbocycles. The van der Waals surface area contributed by atoms with Crippen molar-refractivity contribution in [2.24, 2.45) is 0 Å². The van der Waals surface area contributed by atoms with E-state index in [2.05, 4.69) is 0 Å². The van der Waals surface area contributed by atoms with Gasteiger partial charge in [-0.1, -0.05) is 37.6 Å². The Morgan fingerprint density at radius 2 is 1.90 bits per heavy atom. The van der Waals surface area contributed by atoms with E-state index < -0.39 is 6.10 Å². The molecule has 1 unspecified atom stereocenters. The second-order valence-corrected chi connectivity index (χ2v) is 4.79. The van der Waals surface area contributed by atoms with E-state index in [1.165, 1.54) is 12.1 Å². The van der Waals surface area contributed by atoms with Gasteiger partial charge >= 0.3 is 0 Å². The molecule has 0 saturated carbocycles. The summed E-state index contributed by atoms with van der Waals surface area (Å²) in [7, 11) is 0. The molecule has 20 heavy (non-hydrogen) atoms. The van der Waals surface area contributed by atoms with E-state index in [0.29, 0.717) is 12.4 Å². The van der Waals surface area contributed by atoms with Crippen LogP contribution < -0.4 is 4.74 Å². The third kappa shape index (κ3) is 4.07. The average Bonchev–Trinajstić information content (AvgIpc) is 2.47. The molecule has 0 bridgehead atoms. The maximum atomic E-state index is 12.8. The van der Waals surface area contributed by atoms with Crippen molar-refractivity contribution in [1.29, 1.82) is 0 Å². The molecule has 106 valence electrons. The molecule has 0 aliphatic rings. The highest BCUT2D eigenvalue weighted by Gasteiger charge is 2.07. The monoisotopic (exact) mass is 274 g/mol. The standard InChI is InChI=1S/C17H19FO2/c1-2-4-17(19)14-5-3-6-16(11-14)20-12-13-7-9-15(18)10-8-13/h3,5-11,17,19H,2,4,12H2,1H3. The van der Waals surface area contributed by atoms with E-state index in [-0.39, 0.29) is 5.82 Å². The smallest absolute Gasteiger partial charge is 0.123 e. The van der Waals surface area contributed by atoms with Gasteiger partial charge in [0, 0.05) is 0 Å². The van der Waals surface area contributed by atoms with Gasteiger partial charge in [-0.25, -0.2) is 4.39 Å². The van der Waals surface area contributed by atoms with Crippen LogP contribution >= 0.6 is 0 Å². The van der Waals surface area contributed by atoms with Crippen LogP contribution in [0.2, 0.25) is 0 Å². The van der Waals surface area contributed by atoms with Crippen LogP contribution in [0.5, 0.6) is 5.75 Å². The van der Waals surface area contributed by atoms with Crippen LogP contribution in [0.15, 0.2) is 48.5 Å². The summed E-state index contributed by atoms with van der Waals surface area (Å²) >= 11 is 0. The molecule has 0 amide bonds. The summed E-state index contributed by atoms with van der Waals surface area (Å²) in [5, 5.41) is 9.96.